The molecule has 0 spiro atoms. The van der Waals surface area contributed by atoms with Gasteiger partial charge in [0.25, 0.3) is 0 Å². The molecule has 140 valence electrons. The Morgan fingerprint density at radius 2 is 1.60 bits per heavy atom. The third kappa shape index (κ3) is 3.54. The standard InChI is InChI=1S/C19H29F2N3O/c20-16-8-14(9-17(21)10-16)18-6-7-22-24(18)19(25)23-11-15(12-23)13-4-2-1-3-5-13/h7,13-18H,1-6,8-12H2/t14?,16?,17?,18-/m0/s1. The van der Waals surface area contributed by atoms with Gasteiger partial charge in [-0.15, -0.1) is 0 Å². The van der Waals surface area contributed by atoms with Gasteiger partial charge in [-0.1, -0.05) is 32.1 Å². The molecule has 2 amide bonds. The average Bonchev–Trinajstić information content (AvgIpc) is 3.03. The van der Waals surface area contributed by atoms with E-state index in [1.807, 2.05) is 4.90 Å². The van der Waals surface area contributed by atoms with Crippen molar-refractivity contribution in [1.29, 1.82) is 0 Å². The maximum absolute atomic E-state index is 13.8. The number of amides is 2. The molecule has 2 aliphatic heterocycles. The number of alkyl halides is 2. The predicted molar refractivity (Wildman–Crippen MR) is 92.9 cm³/mol. The van der Waals surface area contributed by atoms with Gasteiger partial charge in [0.05, 0.1) is 6.04 Å². The number of carbonyl (C=O) groups is 1. The fraction of sp³-hybridized carbons (Fsp3) is 0.895. The first-order valence-corrected chi connectivity index (χ1v) is 10.0. The largest absolute Gasteiger partial charge is 0.340 e. The zero-order valence-corrected chi connectivity index (χ0v) is 14.8. The van der Waals surface area contributed by atoms with E-state index in [-0.39, 0.29) is 24.4 Å². The highest BCUT2D eigenvalue weighted by Crippen LogP contribution is 2.38. The second kappa shape index (κ2) is 7.20. The second-order valence-corrected chi connectivity index (χ2v) is 8.45. The topological polar surface area (TPSA) is 35.9 Å². The fourth-order valence-corrected chi connectivity index (χ4v) is 5.27. The Hall–Kier alpha value is -1.20. The summed E-state index contributed by atoms with van der Waals surface area (Å²) >= 11 is 0. The van der Waals surface area contributed by atoms with Crippen LogP contribution in [0, 0.1) is 17.8 Å². The minimum Gasteiger partial charge on any atom is -0.322 e. The fourth-order valence-electron chi connectivity index (χ4n) is 5.27. The van der Waals surface area contributed by atoms with Crippen LogP contribution in [-0.4, -0.2) is 53.6 Å². The van der Waals surface area contributed by atoms with Crippen molar-refractivity contribution in [2.75, 3.05) is 13.1 Å². The molecule has 0 aromatic carbocycles. The molecule has 4 aliphatic rings. The molecule has 3 fully saturated rings. The van der Waals surface area contributed by atoms with E-state index < -0.39 is 12.3 Å². The van der Waals surface area contributed by atoms with E-state index in [2.05, 4.69) is 5.10 Å². The lowest BCUT2D eigenvalue weighted by Crippen LogP contribution is -2.57. The Morgan fingerprint density at radius 1 is 0.920 bits per heavy atom. The molecule has 0 radical (unpaired) electrons. The van der Waals surface area contributed by atoms with Crippen LogP contribution in [0.3, 0.4) is 0 Å². The first-order chi connectivity index (χ1) is 12.1. The van der Waals surface area contributed by atoms with Crippen molar-refractivity contribution in [3.63, 3.8) is 0 Å². The maximum atomic E-state index is 13.8. The van der Waals surface area contributed by atoms with Gasteiger partial charge in [0.15, 0.2) is 0 Å². The summed E-state index contributed by atoms with van der Waals surface area (Å²) in [6.45, 7) is 1.65. The van der Waals surface area contributed by atoms with Crippen molar-refractivity contribution in [3.05, 3.63) is 0 Å². The summed E-state index contributed by atoms with van der Waals surface area (Å²) in [5, 5.41) is 5.78. The van der Waals surface area contributed by atoms with Gasteiger partial charge in [-0.3, -0.25) is 0 Å². The Kier molecular flexibility index (Phi) is 4.96. The van der Waals surface area contributed by atoms with Crippen LogP contribution in [0.1, 0.15) is 57.8 Å². The van der Waals surface area contributed by atoms with Crippen LogP contribution in [0.2, 0.25) is 0 Å². The van der Waals surface area contributed by atoms with E-state index in [1.54, 1.807) is 6.21 Å². The lowest BCUT2D eigenvalue weighted by Gasteiger charge is -2.46. The minimum atomic E-state index is -1.09. The number of likely N-dealkylation sites (tertiary alicyclic amines) is 1. The molecule has 0 aromatic heterocycles. The van der Waals surface area contributed by atoms with E-state index in [9.17, 15) is 13.6 Å². The first kappa shape index (κ1) is 17.2. The normalized spacial score (nSPS) is 37.4. The average molecular weight is 353 g/mol. The predicted octanol–water partition coefficient (Wildman–Crippen LogP) is 4.15. The lowest BCUT2D eigenvalue weighted by molar-refractivity contribution is 0.0290. The molecule has 0 aromatic rings. The molecule has 25 heavy (non-hydrogen) atoms. The van der Waals surface area contributed by atoms with E-state index in [0.717, 1.165) is 19.0 Å². The molecule has 3 atom stereocenters. The monoisotopic (exact) mass is 353 g/mol. The van der Waals surface area contributed by atoms with Crippen molar-refractivity contribution in [2.45, 2.75) is 76.2 Å². The number of hydrogen-bond donors (Lipinski definition) is 0. The summed E-state index contributed by atoms with van der Waals surface area (Å²) in [5.74, 6) is 1.28. The van der Waals surface area contributed by atoms with Gasteiger partial charge < -0.3 is 4.90 Å². The molecule has 2 heterocycles. The van der Waals surface area contributed by atoms with Crippen molar-refractivity contribution in [3.8, 4) is 0 Å². The summed E-state index contributed by atoms with van der Waals surface area (Å²) < 4.78 is 27.5. The molecule has 0 bridgehead atoms. The third-order valence-corrected chi connectivity index (χ3v) is 6.73. The zero-order valence-electron chi connectivity index (χ0n) is 14.8. The Labute approximate surface area is 148 Å². The number of urea groups is 1. The Morgan fingerprint density at radius 3 is 2.28 bits per heavy atom. The van der Waals surface area contributed by atoms with Crippen LogP contribution in [0.25, 0.3) is 0 Å². The van der Waals surface area contributed by atoms with Crippen LogP contribution in [0.5, 0.6) is 0 Å². The van der Waals surface area contributed by atoms with Gasteiger partial charge >= 0.3 is 6.03 Å². The SMILES string of the molecule is O=C(N1CC(C2CCCCC2)C1)N1N=CC[C@H]1C1CC(F)CC(F)C1. The Balaban J connectivity index is 1.33. The molecule has 2 unspecified atom stereocenters. The minimum absolute atomic E-state index is 0.00716. The van der Waals surface area contributed by atoms with Crippen molar-refractivity contribution in [1.82, 2.24) is 9.91 Å². The van der Waals surface area contributed by atoms with Crippen LogP contribution >= 0.6 is 0 Å². The van der Waals surface area contributed by atoms with E-state index >= 15 is 0 Å². The maximum Gasteiger partial charge on any atom is 0.340 e. The van der Waals surface area contributed by atoms with Crippen molar-refractivity contribution in [2.24, 2.45) is 22.9 Å². The van der Waals surface area contributed by atoms with Crippen LogP contribution in [0.15, 0.2) is 5.10 Å². The van der Waals surface area contributed by atoms with Gasteiger partial charge in [-0.2, -0.15) is 5.10 Å². The molecule has 0 N–H and O–H groups in total. The molecule has 1 saturated heterocycles. The number of nitrogens with zero attached hydrogens (tertiary/aromatic N) is 3. The first-order valence-electron chi connectivity index (χ1n) is 10.0. The lowest BCUT2D eigenvalue weighted by atomic mass is 9.76. The number of hydrazone groups is 1. The zero-order chi connectivity index (χ0) is 17.4. The van der Waals surface area contributed by atoms with Crippen LogP contribution in [-0.2, 0) is 0 Å². The van der Waals surface area contributed by atoms with Crippen molar-refractivity contribution >= 4 is 12.2 Å². The highest BCUT2D eigenvalue weighted by molar-refractivity contribution is 5.78. The number of carbonyl (C=O) groups excluding carboxylic acids is 1. The quantitative estimate of drug-likeness (QED) is 0.734. The third-order valence-electron chi connectivity index (χ3n) is 6.73. The van der Waals surface area contributed by atoms with E-state index in [1.165, 1.54) is 37.1 Å². The molecule has 2 aliphatic carbocycles. The smallest absolute Gasteiger partial charge is 0.322 e. The van der Waals surface area contributed by atoms with Crippen LogP contribution in [0.4, 0.5) is 13.6 Å². The van der Waals surface area contributed by atoms with Gasteiger partial charge in [0.1, 0.15) is 12.3 Å². The molecule has 4 nitrogen and oxygen atoms in total. The summed E-state index contributed by atoms with van der Waals surface area (Å²) in [6, 6.07) is -0.236. The van der Waals surface area contributed by atoms with Gasteiger partial charge in [0, 0.05) is 32.1 Å². The van der Waals surface area contributed by atoms with Crippen molar-refractivity contribution < 1.29 is 13.6 Å². The van der Waals surface area contributed by atoms with Gasteiger partial charge in [-0.25, -0.2) is 18.6 Å². The summed E-state index contributed by atoms with van der Waals surface area (Å²) in [7, 11) is 0. The second-order valence-electron chi connectivity index (χ2n) is 8.45. The Bertz CT molecular complexity index is 507. The van der Waals surface area contributed by atoms with E-state index in [0.29, 0.717) is 25.2 Å². The van der Waals surface area contributed by atoms with Gasteiger partial charge in [-0.05, 0) is 30.6 Å². The number of hydrogen-bond acceptors (Lipinski definition) is 2. The number of rotatable bonds is 2. The molecule has 2 saturated carbocycles. The van der Waals surface area contributed by atoms with Gasteiger partial charge in [0.2, 0.25) is 0 Å². The highest BCUT2D eigenvalue weighted by atomic mass is 19.1. The summed E-state index contributed by atoms with van der Waals surface area (Å²) in [4.78, 5) is 14.7. The molecule has 4 rings (SSSR count). The summed E-state index contributed by atoms with van der Waals surface area (Å²) in [6.07, 6.45) is 7.48. The van der Waals surface area contributed by atoms with Crippen LogP contribution < -0.4 is 0 Å². The van der Waals surface area contributed by atoms with E-state index in [4.69, 9.17) is 0 Å². The molecular weight excluding hydrogens is 324 g/mol. The summed E-state index contributed by atoms with van der Waals surface area (Å²) in [5.41, 5.74) is 0. The molecular formula is C19H29F2N3O. The molecule has 6 heteroatoms. The number of halogens is 2. The highest BCUT2D eigenvalue weighted by Gasteiger charge is 2.44.